The van der Waals surface area contributed by atoms with Gasteiger partial charge >= 0.3 is 0 Å². The van der Waals surface area contributed by atoms with Gasteiger partial charge in [0.15, 0.2) is 11.0 Å². The third kappa shape index (κ3) is 5.18. The van der Waals surface area contributed by atoms with E-state index in [2.05, 4.69) is 20.5 Å². The van der Waals surface area contributed by atoms with Crippen LogP contribution < -0.4 is 5.32 Å². The molecule has 0 aliphatic carbocycles. The number of aryl methyl sites for hydroxylation is 1. The summed E-state index contributed by atoms with van der Waals surface area (Å²) in [5.74, 6) is 0.437. The van der Waals surface area contributed by atoms with Crippen molar-refractivity contribution in [1.82, 2.24) is 19.7 Å². The Bertz CT molecular complexity index is 1530. The van der Waals surface area contributed by atoms with Gasteiger partial charge in [-0.1, -0.05) is 53.7 Å². The fraction of sp³-hybridized carbons (Fsp3) is 0.0769. The molecule has 5 rings (SSSR count). The average Bonchev–Trinajstić information content (AvgIpc) is 3.52. The van der Waals surface area contributed by atoms with Crippen molar-refractivity contribution in [2.45, 2.75) is 17.8 Å². The maximum Gasteiger partial charge on any atom is 0.275 e. The molecule has 0 aliphatic rings. The molecule has 0 aliphatic heterocycles. The summed E-state index contributed by atoms with van der Waals surface area (Å²) in [5.41, 5.74) is 3.62. The van der Waals surface area contributed by atoms with Crippen molar-refractivity contribution in [2.75, 3.05) is 5.32 Å². The molecular weight excluding hydrogens is 517 g/mol. The summed E-state index contributed by atoms with van der Waals surface area (Å²) in [5, 5.41) is 15.4. The second-order valence-corrected chi connectivity index (χ2v) is 10.1. The van der Waals surface area contributed by atoms with Crippen molar-refractivity contribution in [3.63, 3.8) is 0 Å². The molecule has 0 saturated heterocycles. The lowest BCUT2D eigenvalue weighted by atomic mass is 10.1. The molecule has 0 saturated carbocycles. The molecule has 1 N–H and O–H groups in total. The van der Waals surface area contributed by atoms with Crippen LogP contribution in [0, 0.1) is 12.7 Å². The molecule has 0 atom stereocenters. The van der Waals surface area contributed by atoms with Gasteiger partial charge in [0.2, 0.25) is 0 Å². The van der Waals surface area contributed by atoms with Crippen molar-refractivity contribution >= 4 is 46.3 Å². The lowest BCUT2D eigenvalue weighted by Gasteiger charge is -2.13. The zero-order valence-corrected chi connectivity index (χ0v) is 21.4. The fourth-order valence-corrected chi connectivity index (χ4v) is 5.51. The molecule has 0 spiro atoms. The van der Waals surface area contributed by atoms with Gasteiger partial charge in [0, 0.05) is 16.6 Å². The van der Waals surface area contributed by atoms with Gasteiger partial charge < -0.3 is 5.32 Å². The first-order valence-electron chi connectivity index (χ1n) is 10.9. The lowest BCUT2D eigenvalue weighted by molar-refractivity contribution is 0.102. The third-order valence-corrected chi connectivity index (χ3v) is 7.62. The van der Waals surface area contributed by atoms with E-state index >= 15 is 0 Å². The molecular formula is C26H19ClFN5OS2. The number of amides is 1. The molecule has 2 aromatic heterocycles. The number of thiazole rings is 1. The Balaban J connectivity index is 1.38. The monoisotopic (exact) mass is 535 g/mol. The number of nitrogens with one attached hydrogen (secondary N) is 1. The Hall–Kier alpha value is -3.53. The molecule has 0 bridgehead atoms. The van der Waals surface area contributed by atoms with Gasteiger partial charge in [-0.2, -0.15) is 0 Å². The number of halogens is 2. The summed E-state index contributed by atoms with van der Waals surface area (Å²) in [4.78, 5) is 17.0. The number of carbonyl (C=O) groups excluding carboxylic acids is 1. The molecule has 3 aromatic carbocycles. The molecule has 180 valence electrons. The van der Waals surface area contributed by atoms with Crippen LogP contribution in [0.25, 0.3) is 17.1 Å². The van der Waals surface area contributed by atoms with Crippen molar-refractivity contribution in [3.8, 4) is 17.1 Å². The minimum absolute atomic E-state index is 0.303. The second-order valence-electron chi connectivity index (χ2n) is 7.78. The van der Waals surface area contributed by atoms with Crippen LogP contribution in [-0.2, 0) is 5.75 Å². The molecule has 5 aromatic rings. The summed E-state index contributed by atoms with van der Waals surface area (Å²) in [7, 11) is 0. The quantitative estimate of drug-likeness (QED) is 0.226. The Morgan fingerprint density at radius 2 is 1.81 bits per heavy atom. The minimum Gasteiger partial charge on any atom is -0.321 e. The van der Waals surface area contributed by atoms with Crippen LogP contribution in [0.15, 0.2) is 83.3 Å². The standard InChI is InChI=1S/C26H19ClFN5OS2/c1-16-6-2-5-9-22(16)33-24(19-7-3-4-8-20(19)27)31-32-26(33)36-15-23-30-21(14-35-23)25(34)29-18-12-10-17(28)11-13-18/h2-14H,15H2,1H3,(H,29,34). The smallest absolute Gasteiger partial charge is 0.275 e. The highest BCUT2D eigenvalue weighted by Gasteiger charge is 2.20. The summed E-state index contributed by atoms with van der Waals surface area (Å²) >= 11 is 9.35. The van der Waals surface area contributed by atoms with Gasteiger partial charge in [-0.05, 0) is 55.0 Å². The normalized spacial score (nSPS) is 11.0. The van der Waals surface area contributed by atoms with Crippen LogP contribution in [0.1, 0.15) is 21.1 Å². The maximum absolute atomic E-state index is 13.1. The van der Waals surface area contributed by atoms with E-state index in [1.807, 2.05) is 60.0 Å². The van der Waals surface area contributed by atoms with Crippen molar-refractivity contribution in [2.24, 2.45) is 0 Å². The molecule has 36 heavy (non-hydrogen) atoms. The summed E-state index contributed by atoms with van der Waals surface area (Å²) in [6.45, 7) is 2.03. The van der Waals surface area contributed by atoms with E-state index < -0.39 is 0 Å². The van der Waals surface area contributed by atoms with E-state index in [1.165, 1.54) is 47.4 Å². The van der Waals surface area contributed by atoms with Crippen LogP contribution in [0.5, 0.6) is 0 Å². The third-order valence-electron chi connectivity index (χ3n) is 5.32. The van der Waals surface area contributed by atoms with E-state index in [-0.39, 0.29) is 11.7 Å². The van der Waals surface area contributed by atoms with Gasteiger partial charge in [-0.15, -0.1) is 21.5 Å². The molecule has 10 heteroatoms. The van der Waals surface area contributed by atoms with E-state index in [0.29, 0.717) is 33.1 Å². The topological polar surface area (TPSA) is 72.7 Å². The zero-order valence-electron chi connectivity index (χ0n) is 19.0. The highest BCUT2D eigenvalue weighted by molar-refractivity contribution is 7.98. The number of benzene rings is 3. The first kappa shape index (κ1) is 24.2. The molecule has 6 nitrogen and oxygen atoms in total. The van der Waals surface area contributed by atoms with E-state index in [0.717, 1.165) is 21.8 Å². The van der Waals surface area contributed by atoms with Gasteiger partial charge in [-0.3, -0.25) is 9.36 Å². The van der Waals surface area contributed by atoms with Gasteiger partial charge in [-0.25, -0.2) is 9.37 Å². The molecule has 1 amide bonds. The number of hydrogen-bond acceptors (Lipinski definition) is 6. The largest absolute Gasteiger partial charge is 0.321 e. The van der Waals surface area contributed by atoms with E-state index in [4.69, 9.17) is 11.6 Å². The van der Waals surface area contributed by atoms with Gasteiger partial charge in [0.05, 0.1) is 16.5 Å². The van der Waals surface area contributed by atoms with Gasteiger partial charge in [0.25, 0.3) is 5.91 Å². The van der Waals surface area contributed by atoms with Crippen molar-refractivity contribution in [3.05, 3.63) is 105 Å². The van der Waals surface area contributed by atoms with Crippen molar-refractivity contribution in [1.29, 1.82) is 0 Å². The number of rotatable bonds is 7. The number of thioether (sulfide) groups is 1. The second kappa shape index (κ2) is 10.6. The summed E-state index contributed by atoms with van der Waals surface area (Å²) in [6.07, 6.45) is 0. The highest BCUT2D eigenvalue weighted by Crippen LogP contribution is 2.34. The van der Waals surface area contributed by atoms with Crippen molar-refractivity contribution < 1.29 is 9.18 Å². The fourth-order valence-electron chi connectivity index (χ4n) is 3.55. The number of nitrogens with zero attached hydrogens (tertiary/aromatic N) is 4. The Morgan fingerprint density at radius 1 is 1.06 bits per heavy atom. The number of aromatic nitrogens is 4. The molecule has 0 unspecified atom stereocenters. The Morgan fingerprint density at radius 3 is 2.58 bits per heavy atom. The Labute approximate surface area is 220 Å². The number of hydrogen-bond donors (Lipinski definition) is 1. The summed E-state index contributed by atoms with van der Waals surface area (Å²) in [6, 6.07) is 21.1. The predicted molar refractivity (Wildman–Crippen MR) is 143 cm³/mol. The number of para-hydroxylation sites is 1. The van der Waals surface area contributed by atoms with E-state index in [9.17, 15) is 9.18 Å². The molecule has 0 radical (unpaired) electrons. The maximum atomic E-state index is 13.1. The first-order chi connectivity index (χ1) is 17.5. The highest BCUT2D eigenvalue weighted by atomic mass is 35.5. The van der Waals surface area contributed by atoms with Crippen LogP contribution in [0.4, 0.5) is 10.1 Å². The predicted octanol–water partition coefficient (Wildman–Crippen LogP) is 7.04. The first-order valence-corrected chi connectivity index (χ1v) is 13.1. The number of anilines is 1. The van der Waals surface area contributed by atoms with Crippen LogP contribution in [0.2, 0.25) is 5.02 Å². The molecule has 0 fully saturated rings. The van der Waals surface area contributed by atoms with Crippen LogP contribution in [-0.4, -0.2) is 25.7 Å². The SMILES string of the molecule is Cc1ccccc1-n1c(SCc2nc(C(=O)Nc3ccc(F)cc3)cs2)nnc1-c1ccccc1Cl. The van der Waals surface area contributed by atoms with Crippen LogP contribution in [0.3, 0.4) is 0 Å². The zero-order chi connectivity index (χ0) is 25.1. The number of carbonyl (C=O) groups is 1. The Kier molecular flexibility index (Phi) is 7.13. The van der Waals surface area contributed by atoms with E-state index in [1.54, 1.807) is 5.38 Å². The lowest BCUT2D eigenvalue weighted by Crippen LogP contribution is -2.12. The average molecular weight is 536 g/mol. The minimum atomic E-state index is -0.364. The van der Waals surface area contributed by atoms with Gasteiger partial charge in [0.1, 0.15) is 16.5 Å². The summed E-state index contributed by atoms with van der Waals surface area (Å²) < 4.78 is 15.1. The molecule has 2 heterocycles. The van der Waals surface area contributed by atoms with Crippen LogP contribution >= 0.6 is 34.7 Å².